The van der Waals surface area contributed by atoms with Gasteiger partial charge >= 0.3 is 0 Å². The first-order valence-electron chi connectivity index (χ1n) is 11.5. The third-order valence-corrected chi connectivity index (χ3v) is 6.07. The number of hydrogen-bond acceptors (Lipinski definition) is 5. The summed E-state index contributed by atoms with van der Waals surface area (Å²) in [5.41, 5.74) is 5.48. The van der Waals surface area contributed by atoms with E-state index < -0.39 is 0 Å². The van der Waals surface area contributed by atoms with E-state index in [2.05, 4.69) is 33.4 Å². The number of likely N-dealkylation sites (tertiary alicyclic amines) is 2. The molecule has 3 rings (SSSR count). The van der Waals surface area contributed by atoms with Crippen molar-refractivity contribution in [2.75, 3.05) is 52.4 Å². The quantitative estimate of drug-likeness (QED) is 0.180. The molecule has 2 aliphatic heterocycles. The van der Waals surface area contributed by atoms with Crippen molar-refractivity contribution in [1.29, 1.82) is 0 Å². The lowest BCUT2D eigenvalue weighted by Gasteiger charge is -2.31. The molecule has 2 atom stereocenters. The van der Waals surface area contributed by atoms with Gasteiger partial charge in [0.2, 0.25) is 5.91 Å². The van der Waals surface area contributed by atoms with E-state index >= 15 is 0 Å². The SMILES string of the molecule is CCNC(=NCC(c1ccco1)N1CCCC1)NCCCN1CCCC(C(N)=O)C1.I. The summed E-state index contributed by atoms with van der Waals surface area (Å²) < 4.78 is 5.70. The summed E-state index contributed by atoms with van der Waals surface area (Å²) in [5, 5.41) is 6.81. The summed E-state index contributed by atoms with van der Waals surface area (Å²) in [4.78, 5) is 21.1. The third kappa shape index (κ3) is 8.27. The molecule has 2 fully saturated rings. The number of nitrogens with zero attached hydrogens (tertiary/aromatic N) is 3. The molecule has 8 nitrogen and oxygen atoms in total. The zero-order valence-corrected chi connectivity index (χ0v) is 21.1. The molecule has 1 amide bonds. The molecule has 0 spiro atoms. The average Bonchev–Trinajstić information content (AvgIpc) is 3.46. The van der Waals surface area contributed by atoms with Gasteiger partial charge in [0.1, 0.15) is 5.76 Å². The predicted octanol–water partition coefficient (Wildman–Crippen LogP) is 2.18. The second-order valence-corrected chi connectivity index (χ2v) is 8.32. The Balaban J connectivity index is 0.00000341. The number of carbonyl (C=O) groups excluding carboxylic acids is 1. The van der Waals surface area contributed by atoms with Gasteiger partial charge in [0.05, 0.1) is 24.8 Å². The van der Waals surface area contributed by atoms with Crippen LogP contribution in [0.15, 0.2) is 27.8 Å². The number of furan rings is 1. The minimum Gasteiger partial charge on any atom is -0.468 e. The van der Waals surface area contributed by atoms with Gasteiger partial charge in [-0.1, -0.05) is 0 Å². The Kier molecular flexibility index (Phi) is 11.7. The van der Waals surface area contributed by atoms with Crippen molar-refractivity contribution in [2.24, 2.45) is 16.6 Å². The number of halogens is 1. The summed E-state index contributed by atoms with van der Waals surface area (Å²) in [6, 6.07) is 4.20. The highest BCUT2D eigenvalue weighted by molar-refractivity contribution is 14.0. The van der Waals surface area contributed by atoms with Gasteiger partial charge in [0.15, 0.2) is 5.96 Å². The van der Waals surface area contributed by atoms with Crippen molar-refractivity contribution >= 4 is 35.8 Å². The van der Waals surface area contributed by atoms with Crippen LogP contribution in [0.3, 0.4) is 0 Å². The smallest absolute Gasteiger partial charge is 0.221 e. The molecule has 1 aromatic heterocycles. The second-order valence-electron chi connectivity index (χ2n) is 8.32. The van der Waals surface area contributed by atoms with Crippen LogP contribution >= 0.6 is 24.0 Å². The fraction of sp³-hybridized carbons (Fsp3) is 0.727. The first kappa shape index (κ1) is 25.9. The molecule has 0 bridgehead atoms. The summed E-state index contributed by atoms with van der Waals surface area (Å²) >= 11 is 0. The molecule has 176 valence electrons. The Morgan fingerprint density at radius 1 is 1.29 bits per heavy atom. The van der Waals surface area contributed by atoms with E-state index in [1.807, 2.05) is 6.07 Å². The predicted molar refractivity (Wildman–Crippen MR) is 135 cm³/mol. The molecular weight excluding hydrogens is 507 g/mol. The maximum absolute atomic E-state index is 11.4. The molecule has 1 aromatic rings. The van der Waals surface area contributed by atoms with Crippen LogP contribution in [0.5, 0.6) is 0 Å². The second kappa shape index (κ2) is 13.9. The minimum atomic E-state index is -0.163. The maximum Gasteiger partial charge on any atom is 0.221 e. The Morgan fingerprint density at radius 2 is 2.10 bits per heavy atom. The highest BCUT2D eigenvalue weighted by Crippen LogP contribution is 2.25. The zero-order valence-electron chi connectivity index (χ0n) is 18.7. The van der Waals surface area contributed by atoms with Crippen molar-refractivity contribution < 1.29 is 9.21 Å². The summed E-state index contributed by atoms with van der Waals surface area (Å²) in [6.45, 7) is 9.46. The van der Waals surface area contributed by atoms with E-state index in [0.29, 0.717) is 6.54 Å². The van der Waals surface area contributed by atoms with E-state index in [-0.39, 0.29) is 41.8 Å². The van der Waals surface area contributed by atoms with Crippen molar-refractivity contribution in [3.63, 3.8) is 0 Å². The summed E-state index contributed by atoms with van der Waals surface area (Å²) in [6.07, 6.45) is 7.21. The van der Waals surface area contributed by atoms with Gasteiger partial charge in [-0.05, 0) is 77.3 Å². The highest BCUT2D eigenvalue weighted by atomic mass is 127. The molecule has 2 aliphatic rings. The van der Waals surface area contributed by atoms with Gasteiger partial charge in [-0.2, -0.15) is 0 Å². The van der Waals surface area contributed by atoms with Gasteiger partial charge in [-0.15, -0.1) is 24.0 Å². The number of primary amides is 1. The van der Waals surface area contributed by atoms with Crippen LogP contribution in [-0.4, -0.2) is 74.0 Å². The van der Waals surface area contributed by atoms with Crippen LogP contribution in [0.4, 0.5) is 0 Å². The molecule has 0 aliphatic carbocycles. The Bertz CT molecular complexity index is 663. The van der Waals surface area contributed by atoms with E-state index in [1.165, 1.54) is 12.8 Å². The zero-order chi connectivity index (χ0) is 21.2. The highest BCUT2D eigenvalue weighted by Gasteiger charge is 2.25. The normalized spacial score (nSPS) is 21.5. The van der Waals surface area contributed by atoms with Crippen LogP contribution in [-0.2, 0) is 4.79 Å². The molecule has 2 unspecified atom stereocenters. The van der Waals surface area contributed by atoms with Crippen LogP contribution in [0, 0.1) is 5.92 Å². The number of rotatable bonds is 10. The summed E-state index contributed by atoms with van der Waals surface area (Å²) in [5.74, 6) is 1.69. The van der Waals surface area contributed by atoms with E-state index in [4.69, 9.17) is 15.1 Å². The lowest BCUT2D eigenvalue weighted by atomic mass is 9.97. The number of aliphatic imine (C=N–C) groups is 1. The molecule has 0 saturated carbocycles. The number of piperidine rings is 1. The summed E-state index contributed by atoms with van der Waals surface area (Å²) in [7, 11) is 0. The molecule has 2 saturated heterocycles. The van der Waals surface area contributed by atoms with E-state index in [9.17, 15) is 4.79 Å². The van der Waals surface area contributed by atoms with Gasteiger partial charge in [-0.25, -0.2) is 0 Å². The minimum absolute atomic E-state index is 0. The number of guanidine groups is 1. The molecule has 9 heteroatoms. The standard InChI is InChI=1S/C22H38N6O2.HI/c1-2-24-22(25-10-7-12-27-11-5-8-18(17-27)21(23)29)26-16-19(20-9-6-15-30-20)28-13-3-4-14-28;/h6,9,15,18-19H,2-5,7-8,10-14,16-17H2,1H3,(H2,23,29)(H2,24,25,26);1H. The lowest BCUT2D eigenvalue weighted by Crippen LogP contribution is -2.43. The molecule has 31 heavy (non-hydrogen) atoms. The van der Waals surface area contributed by atoms with Crippen LogP contribution < -0.4 is 16.4 Å². The molecular formula is C22H39IN6O2. The van der Waals surface area contributed by atoms with Crippen LogP contribution in [0.2, 0.25) is 0 Å². The molecule has 0 radical (unpaired) electrons. The van der Waals surface area contributed by atoms with Crippen LogP contribution in [0.1, 0.15) is 50.8 Å². The number of amides is 1. The van der Waals surface area contributed by atoms with Crippen molar-refractivity contribution in [3.05, 3.63) is 24.2 Å². The number of hydrogen-bond donors (Lipinski definition) is 3. The van der Waals surface area contributed by atoms with Crippen LogP contribution in [0.25, 0.3) is 0 Å². The Labute approximate surface area is 203 Å². The monoisotopic (exact) mass is 546 g/mol. The molecule has 0 aromatic carbocycles. The van der Waals surface area contributed by atoms with Crippen molar-refractivity contribution in [3.8, 4) is 0 Å². The number of nitrogens with two attached hydrogens (primary N) is 1. The Morgan fingerprint density at radius 3 is 2.77 bits per heavy atom. The number of nitrogens with one attached hydrogen (secondary N) is 2. The maximum atomic E-state index is 11.4. The lowest BCUT2D eigenvalue weighted by molar-refractivity contribution is -0.123. The van der Waals surface area contributed by atoms with Gasteiger partial charge in [-0.3, -0.25) is 14.7 Å². The third-order valence-electron chi connectivity index (χ3n) is 6.07. The van der Waals surface area contributed by atoms with Gasteiger partial charge in [0, 0.05) is 19.6 Å². The fourth-order valence-corrected chi connectivity index (χ4v) is 4.44. The Hall–Kier alpha value is -1.33. The fourth-order valence-electron chi connectivity index (χ4n) is 4.44. The average molecular weight is 546 g/mol. The van der Waals surface area contributed by atoms with E-state index in [1.54, 1.807) is 6.26 Å². The molecule has 4 N–H and O–H groups in total. The van der Waals surface area contributed by atoms with Crippen molar-refractivity contribution in [2.45, 2.75) is 45.1 Å². The topological polar surface area (TPSA) is 99.1 Å². The van der Waals surface area contributed by atoms with Gasteiger partial charge in [0.25, 0.3) is 0 Å². The largest absolute Gasteiger partial charge is 0.468 e. The van der Waals surface area contributed by atoms with Gasteiger partial charge < -0.3 is 25.7 Å². The first-order chi connectivity index (χ1) is 14.7. The van der Waals surface area contributed by atoms with E-state index in [0.717, 1.165) is 76.8 Å². The van der Waals surface area contributed by atoms with Crippen molar-refractivity contribution in [1.82, 2.24) is 20.4 Å². The number of carbonyl (C=O) groups is 1. The molecule has 3 heterocycles. The first-order valence-corrected chi connectivity index (χ1v) is 11.5.